The quantitative estimate of drug-likeness (QED) is 0.793. The van der Waals surface area contributed by atoms with E-state index in [1.807, 2.05) is 24.3 Å². The molecular weight excluding hydrogens is 200 g/mol. The number of nitrogens with two attached hydrogens (primary N) is 1. The molecule has 0 saturated heterocycles. The molecule has 1 rings (SSSR count). The average molecular weight is 220 g/mol. The second-order valence-electron chi connectivity index (χ2n) is 4.27. The molecule has 3 nitrogen and oxygen atoms in total. The lowest BCUT2D eigenvalue weighted by molar-refractivity contribution is -0.119. The van der Waals surface area contributed by atoms with Crippen LogP contribution in [-0.2, 0) is 4.79 Å². The van der Waals surface area contributed by atoms with Gasteiger partial charge < -0.3 is 10.6 Å². The van der Waals surface area contributed by atoms with E-state index in [9.17, 15) is 4.79 Å². The summed E-state index contributed by atoms with van der Waals surface area (Å²) in [5.74, 6) is 0.566. The van der Waals surface area contributed by atoms with Gasteiger partial charge in [0, 0.05) is 24.8 Å². The molecule has 1 aromatic carbocycles. The molecule has 1 amide bonds. The molecule has 0 radical (unpaired) electrons. The van der Waals surface area contributed by atoms with Crippen molar-refractivity contribution in [2.24, 2.45) is 5.92 Å². The largest absolute Gasteiger partial charge is 0.399 e. The highest BCUT2D eigenvalue weighted by Crippen LogP contribution is 2.18. The minimum absolute atomic E-state index is 0.139. The Bertz CT molecular complexity index is 363. The summed E-state index contributed by atoms with van der Waals surface area (Å²) in [6.07, 6.45) is 1.61. The third kappa shape index (κ3) is 3.26. The zero-order chi connectivity index (χ0) is 12.1. The zero-order valence-corrected chi connectivity index (χ0v) is 10.2. The summed E-state index contributed by atoms with van der Waals surface area (Å²) in [7, 11) is 1.79. The highest BCUT2D eigenvalue weighted by molar-refractivity contribution is 5.93. The van der Waals surface area contributed by atoms with Gasteiger partial charge in [-0.2, -0.15) is 0 Å². The Morgan fingerprint density at radius 3 is 2.75 bits per heavy atom. The highest BCUT2D eigenvalue weighted by Gasteiger charge is 2.13. The third-order valence-electron chi connectivity index (χ3n) is 2.85. The minimum Gasteiger partial charge on any atom is -0.399 e. The molecule has 0 heterocycles. The smallest absolute Gasteiger partial charge is 0.226 e. The molecule has 0 aliphatic rings. The number of benzene rings is 1. The van der Waals surface area contributed by atoms with Crippen molar-refractivity contribution in [2.75, 3.05) is 17.7 Å². The number of anilines is 2. The lowest BCUT2D eigenvalue weighted by Gasteiger charge is -2.19. The maximum absolute atomic E-state index is 11.9. The predicted molar refractivity (Wildman–Crippen MR) is 68.3 cm³/mol. The maximum Gasteiger partial charge on any atom is 0.226 e. The number of hydrogen-bond donors (Lipinski definition) is 1. The summed E-state index contributed by atoms with van der Waals surface area (Å²) in [6, 6.07) is 7.38. The van der Waals surface area contributed by atoms with Crippen LogP contribution < -0.4 is 10.6 Å². The number of nitrogen functional groups attached to an aromatic ring is 1. The Morgan fingerprint density at radius 2 is 2.19 bits per heavy atom. The lowest BCUT2D eigenvalue weighted by atomic mass is 10.0. The van der Waals surface area contributed by atoms with Crippen LogP contribution in [0.25, 0.3) is 0 Å². The third-order valence-corrected chi connectivity index (χ3v) is 2.85. The van der Waals surface area contributed by atoms with Gasteiger partial charge in [0.2, 0.25) is 5.91 Å². The van der Waals surface area contributed by atoms with E-state index < -0.39 is 0 Å². The number of amides is 1. The van der Waals surface area contributed by atoms with Crippen molar-refractivity contribution in [3.63, 3.8) is 0 Å². The van der Waals surface area contributed by atoms with Crippen molar-refractivity contribution in [1.82, 2.24) is 0 Å². The Hall–Kier alpha value is -1.51. The molecule has 1 aromatic rings. The van der Waals surface area contributed by atoms with E-state index in [1.54, 1.807) is 11.9 Å². The van der Waals surface area contributed by atoms with E-state index in [2.05, 4.69) is 13.8 Å². The molecule has 0 aliphatic carbocycles. The summed E-state index contributed by atoms with van der Waals surface area (Å²) in [5, 5.41) is 0. The van der Waals surface area contributed by atoms with Crippen LogP contribution in [0.3, 0.4) is 0 Å². The first kappa shape index (κ1) is 12.6. The van der Waals surface area contributed by atoms with E-state index in [4.69, 9.17) is 5.73 Å². The fraction of sp³-hybridized carbons (Fsp3) is 0.462. The first-order valence-electron chi connectivity index (χ1n) is 5.66. The Kier molecular flexibility index (Phi) is 4.35. The maximum atomic E-state index is 11.9. The summed E-state index contributed by atoms with van der Waals surface area (Å²) in [4.78, 5) is 13.6. The zero-order valence-electron chi connectivity index (χ0n) is 10.2. The van der Waals surface area contributed by atoms with Crippen molar-refractivity contribution in [2.45, 2.75) is 26.7 Å². The van der Waals surface area contributed by atoms with Gasteiger partial charge in [-0.3, -0.25) is 4.79 Å². The average Bonchev–Trinajstić information content (AvgIpc) is 2.27. The number of rotatable bonds is 4. The van der Waals surface area contributed by atoms with Gasteiger partial charge in [0.25, 0.3) is 0 Å². The summed E-state index contributed by atoms with van der Waals surface area (Å²) < 4.78 is 0. The Balaban J connectivity index is 2.70. The SMILES string of the molecule is CCC(C)CC(=O)N(C)c1cccc(N)c1. The van der Waals surface area contributed by atoms with Gasteiger partial charge in [-0.15, -0.1) is 0 Å². The molecule has 3 heteroatoms. The first-order valence-corrected chi connectivity index (χ1v) is 5.66. The van der Waals surface area contributed by atoms with Crippen LogP contribution in [0.2, 0.25) is 0 Å². The predicted octanol–water partition coefficient (Wildman–Crippen LogP) is 2.67. The Labute approximate surface area is 97.2 Å². The van der Waals surface area contributed by atoms with Crippen LogP contribution in [0.5, 0.6) is 0 Å². The fourth-order valence-electron chi connectivity index (χ4n) is 1.46. The van der Waals surface area contributed by atoms with Crippen molar-refractivity contribution in [3.8, 4) is 0 Å². The molecule has 0 bridgehead atoms. The van der Waals surface area contributed by atoms with Gasteiger partial charge in [-0.05, 0) is 24.1 Å². The van der Waals surface area contributed by atoms with E-state index in [0.717, 1.165) is 12.1 Å². The van der Waals surface area contributed by atoms with E-state index in [0.29, 0.717) is 18.0 Å². The molecule has 0 aromatic heterocycles. The summed E-state index contributed by atoms with van der Waals surface area (Å²) in [6.45, 7) is 4.18. The van der Waals surface area contributed by atoms with Gasteiger partial charge in [0.15, 0.2) is 0 Å². The monoisotopic (exact) mass is 220 g/mol. The molecule has 1 atom stereocenters. The molecule has 2 N–H and O–H groups in total. The molecule has 0 spiro atoms. The van der Waals surface area contributed by atoms with Crippen LogP contribution in [0.15, 0.2) is 24.3 Å². The van der Waals surface area contributed by atoms with Crippen LogP contribution in [0.4, 0.5) is 11.4 Å². The second kappa shape index (κ2) is 5.54. The second-order valence-corrected chi connectivity index (χ2v) is 4.27. The number of hydrogen-bond acceptors (Lipinski definition) is 2. The van der Waals surface area contributed by atoms with E-state index >= 15 is 0 Å². The van der Waals surface area contributed by atoms with Gasteiger partial charge in [0.05, 0.1) is 0 Å². The number of carbonyl (C=O) groups excluding carboxylic acids is 1. The molecule has 88 valence electrons. The molecule has 1 unspecified atom stereocenters. The summed E-state index contributed by atoms with van der Waals surface area (Å²) in [5.41, 5.74) is 7.22. The van der Waals surface area contributed by atoms with E-state index in [1.165, 1.54) is 0 Å². The van der Waals surface area contributed by atoms with Crippen LogP contribution in [-0.4, -0.2) is 13.0 Å². The van der Waals surface area contributed by atoms with Crippen LogP contribution in [0, 0.1) is 5.92 Å². The highest BCUT2D eigenvalue weighted by atomic mass is 16.2. The van der Waals surface area contributed by atoms with Crippen LogP contribution >= 0.6 is 0 Å². The van der Waals surface area contributed by atoms with Crippen molar-refractivity contribution in [1.29, 1.82) is 0 Å². The number of carbonyl (C=O) groups is 1. The van der Waals surface area contributed by atoms with Crippen molar-refractivity contribution >= 4 is 17.3 Å². The van der Waals surface area contributed by atoms with E-state index in [-0.39, 0.29) is 5.91 Å². The lowest BCUT2D eigenvalue weighted by Crippen LogP contribution is -2.27. The van der Waals surface area contributed by atoms with Crippen LogP contribution in [0.1, 0.15) is 26.7 Å². The van der Waals surface area contributed by atoms with Crippen molar-refractivity contribution in [3.05, 3.63) is 24.3 Å². The molecular formula is C13H20N2O. The van der Waals surface area contributed by atoms with Gasteiger partial charge in [0.1, 0.15) is 0 Å². The van der Waals surface area contributed by atoms with Crippen molar-refractivity contribution < 1.29 is 4.79 Å². The minimum atomic E-state index is 0.139. The molecule has 16 heavy (non-hydrogen) atoms. The van der Waals surface area contributed by atoms with Gasteiger partial charge in [-0.1, -0.05) is 26.3 Å². The normalized spacial score (nSPS) is 12.2. The standard InChI is InChI=1S/C13H20N2O/c1-4-10(2)8-13(16)15(3)12-7-5-6-11(14)9-12/h5-7,9-10H,4,8,14H2,1-3H3. The van der Waals surface area contributed by atoms with Gasteiger partial charge >= 0.3 is 0 Å². The topological polar surface area (TPSA) is 46.3 Å². The Morgan fingerprint density at radius 1 is 1.50 bits per heavy atom. The number of nitrogens with zero attached hydrogens (tertiary/aromatic N) is 1. The molecule has 0 fully saturated rings. The first-order chi connectivity index (χ1) is 7.54. The molecule has 0 aliphatic heterocycles. The van der Waals surface area contributed by atoms with Gasteiger partial charge in [-0.25, -0.2) is 0 Å². The fourth-order valence-corrected chi connectivity index (χ4v) is 1.46. The summed E-state index contributed by atoms with van der Waals surface area (Å²) >= 11 is 0. The molecule has 0 saturated carbocycles.